The number of esters is 1. The lowest BCUT2D eigenvalue weighted by Crippen LogP contribution is -2.13. The average molecular weight is 367 g/mol. The molecule has 0 N–H and O–H groups in total. The third-order valence-corrected chi connectivity index (χ3v) is 5.40. The first-order valence-corrected chi connectivity index (χ1v) is 9.81. The number of aliphatic imine (C=N–C) groups is 1. The predicted molar refractivity (Wildman–Crippen MR) is 103 cm³/mol. The number of ether oxygens (including phenoxy) is 2. The number of allylic oxidation sites excluding steroid dienone is 4. The van der Waals surface area contributed by atoms with E-state index in [1.165, 1.54) is 49.7 Å². The van der Waals surface area contributed by atoms with Gasteiger partial charge >= 0.3 is 5.97 Å². The van der Waals surface area contributed by atoms with E-state index in [2.05, 4.69) is 17.7 Å². The zero-order valence-electron chi connectivity index (χ0n) is 15.9. The molecule has 142 valence electrons. The van der Waals surface area contributed by atoms with Crippen molar-refractivity contribution in [2.45, 2.75) is 51.9 Å². The summed E-state index contributed by atoms with van der Waals surface area (Å²) in [7, 11) is 1.32. The van der Waals surface area contributed by atoms with Crippen molar-refractivity contribution in [2.24, 2.45) is 10.9 Å². The van der Waals surface area contributed by atoms with Gasteiger partial charge in [-0.25, -0.2) is 9.79 Å². The molecule has 0 amide bonds. The van der Waals surface area contributed by atoms with Gasteiger partial charge in [0.05, 0.1) is 7.11 Å². The molecule has 1 saturated carbocycles. The number of nitrogens with zero attached hydrogens (tertiary/aromatic N) is 1. The van der Waals surface area contributed by atoms with E-state index >= 15 is 0 Å². The number of methoxy groups -OCH3 is 1. The Bertz CT molecular complexity index is 869. The molecule has 5 heteroatoms. The Morgan fingerprint density at radius 2 is 2.15 bits per heavy atom. The van der Waals surface area contributed by atoms with Crippen molar-refractivity contribution < 1.29 is 18.7 Å². The van der Waals surface area contributed by atoms with Crippen LogP contribution in [0.1, 0.15) is 62.4 Å². The van der Waals surface area contributed by atoms with Crippen molar-refractivity contribution in [2.75, 3.05) is 7.11 Å². The summed E-state index contributed by atoms with van der Waals surface area (Å²) in [4.78, 5) is 16.5. The quantitative estimate of drug-likeness (QED) is 0.635. The molecule has 4 rings (SSSR count). The Morgan fingerprint density at radius 3 is 2.96 bits per heavy atom. The van der Waals surface area contributed by atoms with Crippen LogP contribution >= 0.6 is 0 Å². The Morgan fingerprint density at radius 1 is 1.30 bits per heavy atom. The summed E-state index contributed by atoms with van der Waals surface area (Å²) in [5.41, 5.74) is 4.95. The summed E-state index contributed by atoms with van der Waals surface area (Å²) in [5.74, 6) is 0.982. The number of unbranched alkanes of at least 4 members (excludes halogenated alkanes) is 1. The third-order valence-electron chi connectivity index (χ3n) is 5.40. The van der Waals surface area contributed by atoms with E-state index in [4.69, 9.17) is 14.1 Å². The predicted octanol–water partition coefficient (Wildman–Crippen LogP) is 5.36. The van der Waals surface area contributed by atoms with Crippen LogP contribution < -0.4 is 4.74 Å². The number of hydrogen-bond acceptors (Lipinski definition) is 5. The maximum atomic E-state index is 11.6. The van der Waals surface area contributed by atoms with Gasteiger partial charge < -0.3 is 13.9 Å². The van der Waals surface area contributed by atoms with Gasteiger partial charge in [-0.1, -0.05) is 25.8 Å². The lowest BCUT2D eigenvalue weighted by atomic mass is 9.81. The van der Waals surface area contributed by atoms with Crippen LogP contribution in [0.5, 0.6) is 5.95 Å². The van der Waals surface area contributed by atoms with E-state index in [9.17, 15) is 4.79 Å². The maximum Gasteiger partial charge on any atom is 0.374 e. The highest BCUT2D eigenvalue weighted by Crippen LogP contribution is 2.44. The van der Waals surface area contributed by atoms with E-state index in [-0.39, 0.29) is 11.7 Å². The molecule has 3 aliphatic rings. The van der Waals surface area contributed by atoms with Crippen molar-refractivity contribution in [1.82, 2.24) is 0 Å². The first kappa shape index (κ1) is 17.8. The zero-order chi connectivity index (χ0) is 18.8. The topological polar surface area (TPSA) is 61.0 Å². The van der Waals surface area contributed by atoms with Crippen LogP contribution in [0.2, 0.25) is 0 Å². The molecule has 0 saturated heterocycles. The molecule has 0 aromatic carbocycles. The van der Waals surface area contributed by atoms with Crippen molar-refractivity contribution in [1.29, 1.82) is 0 Å². The number of carbonyl (C=O) groups excluding carboxylic acids is 1. The van der Waals surface area contributed by atoms with Gasteiger partial charge in [0.25, 0.3) is 5.95 Å². The van der Waals surface area contributed by atoms with E-state index < -0.39 is 5.97 Å². The van der Waals surface area contributed by atoms with E-state index in [0.717, 1.165) is 25.0 Å². The molecule has 1 unspecified atom stereocenters. The normalized spacial score (nSPS) is 21.1. The highest BCUT2D eigenvalue weighted by Gasteiger charge is 2.34. The van der Waals surface area contributed by atoms with Gasteiger partial charge in [0.1, 0.15) is 5.70 Å². The molecule has 2 aliphatic carbocycles. The van der Waals surface area contributed by atoms with Crippen LogP contribution in [0.4, 0.5) is 0 Å². The van der Waals surface area contributed by atoms with Gasteiger partial charge in [-0.05, 0) is 55.4 Å². The summed E-state index contributed by atoms with van der Waals surface area (Å²) < 4.78 is 16.1. The van der Waals surface area contributed by atoms with Gasteiger partial charge in [0, 0.05) is 17.7 Å². The summed E-state index contributed by atoms with van der Waals surface area (Å²) in [6.45, 7) is 2.22. The van der Waals surface area contributed by atoms with Gasteiger partial charge in [-0.3, -0.25) is 0 Å². The molecule has 1 atom stereocenters. The highest BCUT2D eigenvalue weighted by atomic mass is 16.6. The van der Waals surface area contributed by atoms with Crippen LogP contribution in [0, 0.1) is 5.92 Å². The Hall–Kier alpha value is -2.56. The Balaban J connectivity index is 1.65. The first-order valence-electron chi connectivity index (χ1n) is 9.81. The largest absolute Gasteiger partial charge is 0.463 e. The van der Waals surface area contributed by atoms with E-state index in [1.54, 1.807) is 12.1 Å². The van der Waals surface area contributed by atoms with Crippen molar-refractivity contribution in [3.8, 4) is 5.95 Å². The molecule has 1 aliphatic heterocycles. The second-order valence-corrected chi connectivity index (χ2v) is 7.19. The minimum Gasteiger partial charge on any atom is -0.463 e. The lowest BCUT2D eigenvalue weighted by Gasteiger charge is -2.23. The van der Waals surface area contributed by atoms with Crippen LogP contribution in [0.3, 0.4) is 0 Å². The molecule has 1 aromatic heterocycles. The van der Waals surface area contributed by atoms with Crippen molar-refractivity contribution >= 4 is 11.7 Å². The third kappa shape index (κ3) is 3.38. The fourth-order valence-corrected chi connectivity index (χ4v) is 4.05. The summed E-state index contributed by atoms with van der Waals surface area (Å²) in [5, 5.41) is 0. The molecule has 1 aromatic rings. The fraction of sp³-hybridized carbons (Fsp3) is 0.455. The lowest BCUT2D eigenvalue weighted by molar-refractivity contribution is 0.0559. The molecule has 1 fully saturated rings. The Kier molecular flexibility index (Phi) is 5.01. The number of carbonyl (C=O) groups is 1. The van der Waals surface area contributed by atoms with Crippen LogP contribution in [-0.2, 0) is 4.74 Å². The molecule has 0 spiro atoms. The molecule has 2 heterocycles. The monoisotopic (exact) mass is 367 g/mol. The van der Waals surface area contributed by atoms with Gasteiger partial charge in [0.2, 0.25) is 5.76 Å². The minimum atomic E-state index is -0.517. The maximum absolute atomic E-state index is 11.6. The van der Waals surface area contributed by atoms with E-state index in [1.807, 2.05) is 6.08 Å². The SMILES string of the molecule is CCCCC1C=CC(Oc2ccc(C(=O)OC)o2)=C2N=C3CCCCC3=C21. The zero-order valence-corrected chi connectivity index (χ0v) is 15.9. The number of fused-ring (bicyclic) bond motifs is 2. The summed E-state index contributed by atoms with van der Waals surface area (Å²) >= 11 is 0. The molecule has 0 bridgehead atoms. The summed E-state index contributed by atoms with van der Waals surface area (Å²) in [6.07, 6.45) is 12.3. The number of hydrogen-bond donors (Lipinski definition) is 0. The summed E-state index contributed by atoms with van der Waals surface area (Å²) in [6, 6.07) is 3.20. The van der Waals surface area contributed by atoms with E-state index in [0.29, 0.717) is 11.7 Å². The molecule has 0 radical (unpaired) electrons. The molecular formula is C22H25NO4. The smallest absolute Gasteiger partial charge is 0.374 e. The molecule has 5 nitrogen and oxygen atoms in total. The van der Waals surface area contributed by atoms with Gasteiger partial charge in [-0.15, -0.1) is 0 Å². The van der Waals surface area contributed by atoms with Crippen molar-refractivity contribution in [3.63, 3.8) is 0 Å². The molecular weight excluding hydrogens is 342 g/mol. The van der Waals surface area contributed by atoms with Crippen LogP contribution in [-0.4, -0.2) is 18.8 Å². The van der Waals surface area contributed by atoms with Crippen molar-refractivity contribution in [3.05, 3.63) is 52.6 Å². The molecule has 27 heavy (non-hydrogen) atoms. The number of furan rings is 1. The van der Waals surface area contributed by atoms with Gasteiger partial charge in [0.15, 0.2) is 5.76 Å². The first-order chi connectivity index (χ1) is 13.2. The second-order valence-electron chi connectivity index (χ2n) is 7.19. The fourth-order valence-electron chi connectivity index (χ4n) is 4.05. The van der Waals surface area contributed by atoms with Crippen LogP contribution in [0.15, 0.2) is 56.3 Å². The highest BCUT2D eigenvalue weighted by molar-refractivity contribution is 6.05. The second kappa shape index (κ2) is 7.59. The average Bonchev–Trinajstić information content (AvgIpc) is 3.32. The number of rotatable bonds is 6. The van der Waals surface area contributed by atoms with Gasteiger partial charge in [-0.2, -0.15) is 0 Å². The standard InChI is InChI=1S/C22H25NO4/c1-3-4-7-14-10-11-17(26-19-13-12-18(27-19)22(24)25-2)21-20(14)15-8-5-6-9-16(15)23-21/h10-14H,3-9H2,1-2H3. The minimum absolute atomic E-state index is 0.128. The Labute approximate surface area is 159 Å². The van der Waals surface area contributed by atoms with Crippen LogP contribution in [0.25, 0.3) is 0 Å².